The Morgan fingerprint density at radius 2 is 1.75 bits per heavy atom. The second kappa shape index (κ2) is 6.49. The maximum absolute atomic E-state index is 12.8. The molecule has 0 saturated carbocycles. The summed E-state index contributed by atoms with van der Waals surface area (Å²) in [5, 5.41) is 3.10. The highest BCUT2D eigenvalue weighted by Gasteiger charge is 2.32. The van der Waals surface area contributed by atoms with Crippen LogP contribution in [0.3, 0.4) is 0 Å². The Hall–Kier alpha value is -2.60. The van der Waals surface area contributed by atoms with Gasteiger partial charge in [0.15, 0.2) is 0 Å². The van der Waals surface area contributed by atoms with Gasteiger partial charge >= 0.3 is 0 Å². The van der Waals surface area contributed by atoms with E-state index in [0.29, 0.717) is 17.1 Å². The minimum absolute atomic E-state index is 0.178. The molecule has 122 valence electrons. The fourth-order valence-electron chi connectivity index (χ4n) is 2.61. The number of pyridine rings is 1. The summed E-state index contributed by atoms with van der Waals surface area (Å²) in [6.07, 6.45) is 3.18. The van der Waals surface area contributed by atoms with E-state index < -0.39 is 0 Å². The number of hydrogen-bond donors (Lipinski definition) is 1. The van der Waals surface area contributed by atoms with Crippen LogP contribution in [0, 0.1) is 0 Å². The number of hydrogen-bond acceptors (Lipinski definition) is 5. The Kier molecular flexibility index (Phi) is 4.40. The van der Waals surface area contributed by atoms with Crippen molar-refractivity contribution >= 4 is 23.3 Å². The van der Waals surface area contributed by atoms with Crippen molar-refractivity contribution < 1.29 is 9.59 Å². The lowest BCUT2D eigenvalue weighted by atomic mass is 9.94. The average Bonchev–Trinajstić information content (AvgIpc) is 2.59. The summed E-state index contributed by atoms with van der Waals surface area (Å²) in [5.74, 6) is -0.550. The van der Waals surface area contributed by atoms with Crippen molar-refractivity contribution in [3.63, 3.8) is 0 Å². The van der Waals surface area contributed by atoms with Gasteiger partial charge in [0, 0.05) is 31.4 Å². The standard InChI is InChI=1S/C18H16N2O3S/c1-20-10-13-12(8-14(20)21)17(23)18(24-2)15(16(13)22)19-9-11-6-4-3-5-7-11/h3-8,10,19H,9H2,1-2H3. The molecular weight excluding hydrogens is 324 g/mol. The van der Waals surface area contributed by atoms with Crippen LogP contribution in [0.5, 0.6) is 0 Å². The molecule has 0 saturated heterocycles. The maximum atomic E-state index is 12.8. The number of carbonyl (C=O) groups is 2. The van der Waals surface area contributed by atoms with Gasteiger partial charge in [0.2, 0.25) is 11.6 Å². The Morgan fingerprint density at radius 1 is 1.04 bits per heavy atom. The van der Waals surface area contributed by atoms with Crippen molar-refractivity contribution in [2.24, 2.45) is 7.05 Å². The van der Waals surface area contributed by atoms with Crippen molar-refractivity contribution in [1.29, 1.82) is 0 Å². The Bertz CT molecular complexity index is 914. The Morgan fingerprint density at radius 3 is 2.42 bits per heavy atom. The third-order valence-corrected chi connectivity index (χ3v) is 4.69. The van der Waals surface area contributed by atoms with Gasteiger partial charge in [0.25, 0.3) is 5.56 Å². The molecule has 0 atom stereocenters. The van der Waals surface area contributed by atoms with Crippen molar-refractivity contribution in [2.45, 2.75) is 6.54 Å². The van der Waals surface area contributed by atoms with E-state index in [9.17, 15) is 14.4 Å². The first-order chi connectivity index (χ1) is 11.5. The van der Waals surface area contributed by atoms with Gasteiger partial charge in [0.1, 0.15) is 5.70 Å². The number of aryl methyl sites for hydroxylation is 1. The van der Waals surface area contributed by atoms with E-state index in [0.717, 1.165) is 5.56 Å². The second-order valence-corrected chi connectivity index (χ2v) is 6.27. The maximum Gasteiger partial charge on any atom is 0.251 e. The quantitative estimate of drug-likeness (QED) is 0.923. The molecule has 1 aromatic heterocycles. The minimum atomic E-state index is -0.309. The summed E-state index contributed by atoms with van der Waals surface area (Å²) in [5.41, 5.74) is 1.43. The summed E-state index contributed by atoms with van der Waals surface area (Å²) in [6, 6.07) is 10.9. The van der Waals surface area contributed by atoms with Gasteiger partial charge in [-0.3, -0.25) is 14.4 Å². The van der Waals surface area contributed by atoms with Crippen LogP contribution in [0.1, 0.15) is 26.3 Å². The Balaban J connectivity index is 2.01. The number of ketones is 2. The van der Waals surface area contributed by atoms with Crippen molar-refractivity contribution in [1.82, 2.24) is 9.88 Å². The van der Waals surface area contributed by atoms with Gasteiger partial charge in [-0.05, 0) is 11.8 Å². The van der Waals surface area contributed by atoms with Gasteiger partial charge in [-0.15, -0.1) is 11.8 Å². The normalized spacial score (nSPS) is 13.9. The van der Waals surface area contributed by atoms with Crippen molar-refractivity contribution in [3.05, 3.63) is 80.2 Å². The van der Waals surface area contributed by atoms with Gasteiger partial charge in [-0.25, -0.2) is 0 Å². The molecule has 0 radical (unpaired) electrons. The lowest BCUT2D eigenvalue weighted by molar-refractivity contribution is 0.0974. The number of nitrogens with one attached hydrogen (secondary N) is 1. The fraction of sp³-hybridized carbons (Fsp3) is 0.167. The summed E-state index contributed by atoms with van der Waals surface area (Å²) >= 11 is 1.21. The summed E-state index contributed by atoms with van der Waals surface area (Å²) in [7, 11) is 1.56. The molecule has 0 aliphatic heterocycles. The first-order valence-corrected chi connectivity index (χ1v) is 8.61. The third-order valence-electron chi connectivity index (χ3n) is 3.89. The molecule has 1 aliphatic rings. The van der Waals surface area contributed by atoms with Gasteiger partial charge in [-0.1, -0.05) is 30.3 Å². The van der Waals surface area contributed by atoms with E-state index in [1.165, 1.54) is 28.6 Å². The Labute approximate surface area is 143 Å². The number of allylic oxidation sites excluding steroid dienone is 2. The molecule has 0 spiro atoms. The lowest BCUT2D eigenvalue weighted by Crippen LogP contribution is -2.32. The van der Waals surface area contributed by atoms with Crippen LogP contribution < -0.4 is 10.9 Å². The molecular formula is C18H16N2O3S. The van der Waals surface area contributed by atoms with E-state index in [1.807, 2.05) is 30.3 Å². The van der Waals surface area contributed by atoms with E-state index >= 15 is 0 Å². The zero-order valence-electron chi connectivity index (χ0n) is 13.3. The number of benzene rings is 1. The highest BCUT2D eigenvalue weighted by Crippen LogP contribution is 2.30. The number of nitrogens with zero attached hydrogens (tertiary/aromatic N) is 1. The molecule has 0 unspecified atom stereocenters. The van der Waals surface area contributed by atoms with Crippen molar-refractivity contribution in [3.8, 4) is 0 Å². The molecule has 0 amide bonds. The molecule has 1 aliphatic carbocycles. The molecule has 1 heterocycles. The summed E-state index contributed by atoms with van der Waals surface area (Å²) < 4.78 is 1.31. The van der Waals surface area contributed by atoms with Crippen LogP contribution in [0.2, 0.25) is 0 Å². The molecule has 24 heavy (non-hydrogen) atoms. The molecule has 1 aromatic carbocycles. The monoisotopic (exact) mass is 340 g/mol. The van der Waals surface area contributed by atoms with E-state index in [4.69, 9.17) is 0 Å². The lowest BCUT2D eigenvalue weighted by Gasteiger charge is -2.21. The van der Waals surface area contributed by atoms with E-state index in [2.05, 4.69) is 5.32 Å². The highest BCUT2D eigenvalue weighted by molar-refractivity contribution is 8.03. The average molecular weight is 340 g/mol. The number of aromatic nitrogens is 1. The molecule has 0 bridgehead atoms. The van der Waals surface area contributed by atoms with Crippen LogP contribution >= 0.6 is 11.8 Å². The number of fused-ring (bicyclic) bond motifs is 1. The molecule has 1 N–H and O–H groups in total. The first kappa shape index (κ1) is 16.3. The zero-order chi connectivity index (χ0) is 17.3. The van der Waals surface area contributed by atoms with Crippen LogP contribution in [-0.2, 0) is 13.6 Å². The topological polar surface area (TPSA) is 68.2 Å². The van der Waals surface area contributed by atoms with Crippen LogP contribution in [0.15, 0.2) is 58.0 Å². The predicted molar refractivity (Wildman–Crippen MR) is 94.2 cm³/mol. The molecule has 6 heteroatoms. The van der Waals surface area contributed by atoms with E-state index in [-0.39, 0.29) is 28.3 Å². The summed E-state index contributed by atoms with van der Waals surface area (Å²) in [6.45, 7) is 0.445. The SMILES string of the molecule is CSC1=C(NCc2ccccc2)C(=O)c2cn(C)c(=O)cc2C1=O. The third kappa shape index (κ3) is 2.80. The predicted octanol–water partition coefficient (Wildman–Crippen LogP) is 2.13. The van der Waals surface area contributed by atoms with Gasteiger partial charge < -0.3 is 9.88 Å². The van der Waals surface area contributed by atoms with Crippen LogP contribution in [0.25, 0.3) is 0 Å². The zero-order valence-corrected chi connectivity index (χ0v) is 14.1. The number of rotatable bonds is 4. The van der Waals surface area contributed by atoms with Crippen LogP contribution in [0.4, 0.5) is 0 Å². The highest BCUT2D eigenvalue weighted by atomic mass is 32.2. The molecule has 2 aromatic rings. The number of thioether (sulfide) groups is 1. The minimum Gasteiger partial charge on any atom is -0.377 e. The first-order valence-electron chi connectivity index (χ1n) is 7.39. The van der Waals surface area contributed by atoms with Gasteiger partial charge in [-0.2, -0.15) is 0 Å². The molecule has 3 rings (SSSR count). The van der Waals surface area contributed by atoms with E-state index in [1.54, 1.807) is 13.3 Å². The smallest absolute Gasteiger partial charge is 0.251 e. The second-order valence-electron chi connectivity index (χ2n) is 5.46. The molecule has 5 nitrogen and oxygen atoms in total. The molecule has 0 fully saturated rings. The van der Waals surface area contributed by atoms with Crippen LogP contribution in [-0.4, -0.2) is 22.4 Å². The van der Waals surface area contributed by atoms with Crippen molar-refractivity contribution in [2.75, 3.05) is 6.26 Å². The number of carbonyl (C=O) groups excluding carboxylic acids is 2. The fourth-order valence-corrected chi connectivity index (χ4v) is 3.28. The summed E-state index contributed by atoms with van der Waals surface area (Å²) in [4.78, 5) is 37.6. The van der Waals surface area contributed by atoms with Gasteiger partial charge in [0.05, 0.1) is 10.5 Å². The number of Topliss-reactive ketones (excluding diaryl/α,β-unsaturated/α-hetero) is 2. The largest absolute Gasteiger partial charge is 0.377 e.